The smallest absolute Gasteiger partial charge is 0.185 e. The molecule has 24 heavy (non-hydrogen) atoms. The van der Waals surface area contributed by atoms with Gasteiger partial charge in [-0.05, 0) is 54.2 Å². The molecule has 0 heterocycles. The molecule has 0 radical (unpaired) electrons. The molecule has 1 fully saturated rings. The number of benzene rings is 2. The maximum Gasteiger partial charge on any atom is 0.185 e. The third-order valence-corrected chi connectivity index (χ3v) is 4.64. The molecule has 0 amide bonds. The Hall–Kier alpha value is -2.29. The van der Waals surface area contributed by atoms with Crippen LogP contribution in [0.1, 0.15) is 59.5 Å². The Morgan fingerprint density at radius 3 is 2.29 bits per heavy atom. The van der Waals surface area contributed by atoms with Gasteiger partial charge in [-0.2, -0.15) is 0 Å². The minimum atomic E-state index is -1.01. The van der Waals surface area contributed by atoms with Gasteiger partial charge < -0.3 is 0 Å². The van der Waals surface area contributed by atoms with Crippen LogP contribution in [0.15, 0.2) is 48.5 Å². The minimum absolute atomic E-state index is 0.143. The highest BCUT2D eigenvalue weighted by Crippen LogP contribution is 2.32. The van der Waals surface area contributed by atoms with Crippen molar-refractivity contribution in [3.63, 3.8) is 0 Å². The lowest BCUT2D eigenvalue weighted by Gasteiger charge is -2.21. The van der Waals surface area contributed by atoms with Crippen molar-refractivity contribution in [2.45, 2.75) is 38.0 Å². The molecule has 3 heteroatoms. The Bertz CT molecular complexity index is 741. The summed E-state index contributed by atoms with van der Waals surface area (Å²) in [6, 6.07) is 11.4. The molecule has 0 saturated heterocycles. The molecule has 0 unspecified atom stereocenters. The van der Waals surface area contributed by atoms with Gasteiger partial charge in [0.1, 0.15) is 0 Å². The molecule has 0 aliphatic heterocycles. The van der Waals surface area contributed by atoms with Crippen LogP contribution in [0, 0.1) is 11.6 Å². The minimum Gasteiger partial charge on any atom is -0.289 e. The van der Waals surface area contributed by atoms with Crippen LogP contribution in [0.25, 0.3) is 6.08 Å². The molecule has 1 aliphatic carbocycles. The molecule has 1 saturated carbocycles. The summed E-state index contributed by atoms with van der Waals surface area (Å²) in [7, 11) is 0. The molecule has 124 valence electrons. The zero-order valence-electron chi connectivity index (χ0n) is 13.5. The fraction of sp³-hybridized carbons (Fsp3) is 0.286. The highest BCUT2D eigenvalue weighted by molar-refractivity contribution is 6.06. The van der Waals surface area contributed by atoms with Crippen LogP contribution in [-0.2, 0) is 0 Å². The summed E-state index contributed by atoms with van der Waals surface area (Å²) in [6.45, 7) is 0. The van der Waals surface area contributed by atoms with Gasteiger partial charge in [-0.3, -0.25) is 4.79 Å². The van der Waals surface area contributed by atoms with Gasteiger partial charge in [0.2, 0.25) is 0 Å². The summed E-state index contributed by atoms with van der Waals surface area (Å²) in [5.74, 6) is -1.65. The van der Waals surface area contributed by atoms with Crippen molar-refractivity contribution >= 4 is 11.9 Å². The van der Waals surface area contributed by atoms with E-state index in [2.05, 4.69) is 12.1 Å². The molecule has 3 rings (SSSR count). The second-order valence-electron chi connectivity index (χ2n) is 6.33. The molecule has 0 aromatic heterocycles. The summed E-state index contributed by atoms with van der Waals surface area (Å²) >= 11 is 0. The Morgan fingerprint density at radius 1 is 0.917 bits per heavy atom. The van der Waals surface area contributed by atoms with Crippen molar-refractivity contribution in [3.05, 3.63) is 76.9 Å². The highest BCUT2D eigenvalue weighted by atomic mass is 19.2. The van der Waals surface area contributed by atoms with Gasteiger partial charge >= 0.3 is 0 Å². The Kier molecular flexibility index (Phi) is 5.19. The number of halogens is 2. The largest absolute Gasteiger partial charge is 0.289 e. The number of carbonyl (C=O) groups excluding carboxylic acids is 1. The van der Waals surface area contributed by atoms with Crippen molar-refractivity contribution in [2.75, 3.05) is 0 Å². The standard InChI is InChI=1S/C21H20F2O/c22-19-12-11-18(14-20(19)23)21(24)13-8-15-6-9-17(10-7-15)16-4-2-1-3-5-16/h6-14,16H,1-5H2/b13-8+. The van der Waals surface area contributed by atoms with E-state index in [1.54, 1.807) is 6.08 Å². The van der Waals surface area contributed by atoms with Gasteiger partial charge in [0, 0.05) is 5.56 Å². The van der Waals surface area contributed by atoms with E-state index in [0.29, 0.717) is 5.92 Å². The molecular formula is C21H20F2O. The third kappa shape index (κ3) is 3.97. The average Bonchev–Trinajstić information content (AvgIpc) is 2.63. The van der Waals surface area contributed by atoms with E-state index in [-0.39, 0.29) is 11.3 Å². The van der Waals surface area contributed by atoms with Crippen LogP contribution < -0.4 is 0 Å². The summed E-state index contributed by atoms with van der Waals surface area (Å²) in [5, 5.41) is 0. The van der Waals surface area contributed by atoms with Gasteiger partial charge in [0.05, 0.1) is 0 Å². The van der Waals surface area contributed by atoms with E-state index in [4.69, 9.17) is 0 Å². The second-order valence-corrected chi connectivity index (χ2v) is 6.33. The topological polar surface area (TPSA) is 17.1 Å². The van der Waals surface area contributed by atoms with E-state index < -0.39 is 11.6 Å². The van der Waals surface area contributed by atoms with Crippen LogP contribution in [0.4, 0.5) is 8.78 Å². The first kappa shape index (κ1) is 16.6. The maximum absolute atomic E-state index is 13.2. The van der Waals surface area contributed by atoms with Crippen molar-refractivity contribution in [3.8, 4) is 0 Å². The van der Waals surface area contributed by atoms with E-state index >= 15 is 0 Å². The Labute approximate surface area is 141 Å². The second kappa shape index (κ2) is 7.52. The van der Waals surface area contributed by atoms with E-state index in [9.17, 15) is 13.6 Å². The van der Waals surface area contributed by atoms with Gasteiger partial charge in [-0.1, -0.05) is 49.6 Å². The molecule has 0 spiro atoms. The summed E-state index contributed by atoms with van der Waals surface area (Å²) in [4.78, 5) is 12.0. The predicted octanol–water partition coefficient (Wildman–Crippen LogP) is 5.91. The molecule has 2 aromatic rings. The molecule has 0 bridgehead atoms. The SMILES string of the molecule is O=C(/C=C/c1ccc(C2CCCCC2)cc1)c1ccc(F)c(F)c1. The highest BCUT2D eigenvalue weighted by Gasteiger charge is 2.14. The first-order valence-electron chi connectivity index (χ1n) is 8.41. The number of allylic oxidation sites excluding steroid dienone is 1. The zero-order valence-corrected chi connectivity index (χ0v) is 13.5. The molecule has 1 aliphatic rings. The van der Waals surface area contributed by atoms with Crippen LogP contribution in [0.5, 0.6) is 0 Å². The first-order chi connectivity index (χ1) is 11.6. The zero-order chi connectivity index (χ0) is 16.9. The number of carbonyl (C=O) groups is 1. The Balaban J connectivity index is 1.67. The number of hydrogen-bond acceptors (Lipinski definition) is 1. The maximum atomic E-state index is 13.2. The first-order valence-corrected chi connectivity index (χ1v) is 8.41. The van der Waals surface area contributed by atoms with Crippen LogP contribution >= 0.6 is 0 Å². The normalized spacial score (nSPS) is 15.8. The number of ketones is 1. The lowest BCUT2D eigenvalue weighted by Crippen LogP contribution is -2.04. The molecule has 0 N–H and O–H groups in total. The average molecular weight is 326 g/mol. The van der Waals surface area contributed by atoms with Crippen LogP contribution in [0.2, 0.25) is 0 Å². The lowest BCUT2D eigenvalue weighted by molar-refractivity contribution is 0.104. The molecule has 2 aromatic carbocycles. The van der Waals surface area contributed by atoms with Gasteiger partial charge in [0.25, 0.3) is 0 Å². The van der Waals surface area contributed by atoms with Crippen LogP contribution in [0.3, 0.4) is 0 Å². The van der Waals surface area contributed by atoms with Gasteiger partial charge in [0.15, 0.2) is 17.4 Å². The third-order valence-electron chi connectivity index (χ3n) is 4.64. The lowest BCUT2D eigenvalue weighted by atomic mass is 9.84. The molecule has 1 nitrogen and oxygen atoms in total. The fourth-order valence-electron chi connectivity index (χ4n) is 3.23. The fourth-order valence-corrected chi connectivity index (χ4v) is 3.23. The van der Waals surface area contributed by atoms with Crippen molar-refractivity contribution in [1.29, 1.82) is 0 Å². The molecule has 0 atom stereocenters. The van der Waals surface area contributed by atoms with E-state index in [0.717, 1.165) is 17.7 Å². The number of hydrogen-bond donors (Lipinski definition) is 0. The summed E-state index contributed by atoms with van der Waals surface area (Å²) < 4.78 is 26.1. The monoisotopic (exact) mass is 326 g/mol. The quantitative estimate of drug-likeness (QED) is 0.504. The van der Waals surface area contributed by atoms with Gasteiger partial charge in [-0.15, -0.1) is 0 Å². The predicted molar refractivity (Wildman–Crippen MR) is 92.0 cm³/mol. The van der Waals surface area contributed by atoms with Crippen LogP contribution in [-0.4, -0.2) is 5.78 Å². The van der Waals surface area contributed by atoms with Crippen molar-refractivity contribution in [2.24, 2.45) is 0 Å². The van der Waals surface area contributed by atoms with Gasteiger partial charge in [-0.25, -0.2) is 8.78 Å². The summed E-state index contributed by atoms with van der Waals surface area (Å²) in [5.41, 5.74) is 2.42. The van der Waals surface area contributed by atoms with Crippen molar-refractivity contribution in [1.82, 2.24) is 0 Å². The summed E-state index contributed by atoms with van der Waals surface area (Å²) in [6.07, 6.45) is 9.54. The van der Waals surface area contributed by atoms with E-state index in [1.807, 2.05) is 12.1 Å². The van der Waals surface area contributed by atoms with Crippen molar-refractivity contribution < 1.29 is 13.6 Å². The van der Waals surface area contributed by atoms with E-state index in [1.165, 1.54) is 49.8 Å². The molecular weight excluding hydrogens is 306 g/mol. The number of rotatable bonds is 4. The Morgan fingerprint density at radius 2 is 1.62 bits per heavy atom.